The Kier molecular flexibility index (Phi) is 6.75. The van der Waals surface area contributed by atoms with Gasteiger partial charge < -0.3 is 14.7 Å². The van der Waals surface area contributed by atoms with Gasteiger partial charge in [0.25, 0.3) is 5.91 Å². The highest BCUT2D eigenvalue weighted by Crippen LogP contribution is 2.15. The van der Waals surface area contributed by atoms with Crippen molar-refractivity contribution < 1.29 is 24.2 Å². The first kappa shape index (κ1) is 18.7. The Balaban J connectivity index is 3.01. The standard InChI is InChI=1S/C17H23NO5/c1-11(2)8-12-6-5-7-13(9-12)16(21)18(3)14(10-15(19)20)17(22)23-4/h5-7,9,11,14H,8,10H2,1-4H3,(H,19,20)/t14-/m0/s1. The molecule has 0 aliphatic rings. The smallest absolute Gasteiger partial charge is 0.329 e. The Morgan fingerprint density at radius 3 is 2.43 bits per heavy atom. The molecule has 1 N–H and O–H groups in total. The predicted octanol–water partition coefficient (Wildman–Crippen LogP) is 1.97. The average molecular weight is 321 g/mol. The maximum absolute atomic E-state index is 12.6. The molecule has 0 aliphatic carbocycles. The molecular formula is C17H23NO5. The van der Waals surface area contributed by atoms with E-state index < -0.39 is 30.3 Å². The highest BCUT2D eigenvalue weighted by atomic mass is 16.5. The maximum atomic E-state index is 12.6. The summed E-state index contributed by atoms with van der Waals surface area (Å²) in [5.41, 5.74) is 1.44. The van der Waals surface area contributed by atoms with Crippen LogP contribution < -0.4 is 0 Å². The number of ether oxygens (including phenoxy) is 1. The lowest BCUT2D eigenvalue weighted by molar-refractivity contribution is -0.150. The monoisotopic (exact) mass is 321 g/mol. The minimum atomic E-state index is -1.17. The molecule has 0 bridgehead atoms. The molecule has 1 amide bonds. The number of carbonyl (C=O) groups excluding carboxylic acids is 2. The number of benzene rings is 1. The molecule has 1 aromatic rings. The van der Waals surface area contributed by atoms with Gasteiger partial charge in [-0.2, -0.15) is 0 Å². The van der Waals surface area contributed by atoms with Gasteiger partial charge in [-0.3, -0.25) is 9.59 Å². The van der Waals surface area contributed by atoms with E-state index in [1.165, 1.54) is 14.2 Å². The quantitative estimate of drug-likeness (QED) is 0.776. The van der Waals surface area contributed by atoms with Crippen molar-refractivity contribution in [2.24, 2.45) is 5.92 Å². The fourth-order valence-electron chi connectivity index (χ4n) is 2.33. The highest BCUT2D eigenvalue weighted by Gasteiger charge is 2.30. The number of carboxylic acid groups (broad SMARTS) is 1. The summed E-state index contributed by atoms with van der Waals surface area (Å²) in [6, 6.07) is 5.99. The van der Waals surface area contributed by atoms with Crippen LogP contribution in [-0.4, -0.2) is 48.1 Å². The fraction of sp³-hybridized carbons (Fsp3) is 0.471. The molecule has 6 heteroatoms. The van der Waals surface area contributed by atoms with Crippen LogP contribution in [0.15, 0.2) is 24.3 Å². The number of esters is 1. The van der Waals surface area contributed by atoms with Gasteiger partial charge in [-0.15, -0.1) is 0 Å². The van der Waals surface area contributed by atoms with Crippen molar-refractivity contribution in [2.75, 3.05) is 14.2 Å². The highest BCUT2D eigenvalue weighted by molar-refractivity contribution is 5.97. The largest absolute Gasteiger partial charge is 0.481 e. The number of methoxy groups -OCH3 is 1. The molecule has 0 aromatic heterocycles. The van der Waals surface area contributed by atoms with Gasteiger partial charge in [0.1, 0.15) is 6.04 Å². The van der Waals surface area contributed by atoms with Crippen LogP contribution in [0.2, 0.25) is 0 Å². The van der Waals surface area contributed by atoms with Gasteiger partial charge in [0.15, 0.2) is 0 Å². The van der Waals surface area contributed by atoms with Crippen LogP contribution in [0, 0.1) is 5.92 Å². The second-order valence-corrected chi connectivity index (χ2v) is 5.85. The van der Waals surface area contributed by atoms with Crippen LogP contribution in [0.4, 0.5) is 0 Å². The zero-order valence-corrected chi connectivity index (χ0v) is 13.9. The van der Waals surface area contributed by atoms with E-state index in [1.54, 1.807) is 18.2 Å². The van der Waals surface area contributed by atoms with Crippen molar-refractivity contribution >= 4 is 17.8 Å². The Morgan fingerprint density at radius 1 is 1.26 bits per heavy atom. The number of hydrogen-bond donors (Lipinski definition) is 1. The molecule has 6 nitrogen and oxygen atoms in total. The third-order valence-electron chi connectivity index (χ3n) is 3.45. The van der Waals surface area contributed by atoms with E-state index in [1.807, 2.05) is 6.07 Å². The average Bonchev–Trinajstić information content (AvgIpc) is 2.49. The lowest BCUT2D eigenvalue weighted by atomic mass is 10.0. The first-order chi connectivity index (χ1) is 10.8. The van der Waals surface area contributed by atoms with Crippen LogP contribution in [0.3, 0.4) is 0 Å². The predicted molar refractivity (Wildman–Crippen MR) is 85.1 cm³/mol. The van der Waals surface area contributed by atoms with Crippen LogP contribution in [-0.2, 0) is 20.7 Å². The number of carbonyl (C=O) groups is 3. The molecule has 23 heavy (non-hydrogen) atoms. The lowest BCUT2D eigenvalue weighted by Crippen LogP contribution is -2.44. The maximum Gasteiger partial charge on any atom is 0.329 e. The van der Waals surface area contributed by atoms with E-state index in [0.29, 0.717) is 11.5 Å². The van der Waals surface area contributed by atoms with E-state index in [0.717, 1.165) is 16.9 Å². The number of nitrogens with zero attached hydrogens (tertiary/aromatic N) is 1. The van der Waals surface area contributed by atoms with E-state index in [2.05, 4.69) is 18.6 Å². The molecule has 0 unspecified atom stereocenters. The topological polar surface area (TPSA) is 83.9 Å². The Hall–Kier alpha value is -2.37. The molecule has 0 heterocycles. The van der Waals surface area contributed by atoms with Crippen LogP contribution in [0.5, 0.6) is 0 Å². The summed E-state index contributed by atoms with van der Waals surface area (Å²) in [6.07, 6.45) is 0.334. The number of likely N-dealkylation sites (N-methyl/N-ethyl adjacent to an activating group) is 1. The molecular weight excluding hydrogens is 298 g/mol. The van der Waals surface area contributed by atoms with Crippen LogP contribution in [0.1, 0.15) is 36.2 Å². The van der Waals surface area contributed by atoms with Crippen molar-refractivity contribution in [3.8, 4) is 0 Å². The Bertz CT molecular complexity index is 582. The Morgan fingerprint density at radius 2 is 1.91 bits per heavy atom. The molecule has 1 rings (SSSR count). The first-order valence-corrected chi connectivity index (χ1v) is 7.42. The van der Waals surface area contributed by atoms with Crippen LogP contribution in [0.25, 0.3) is 0 Å². The molecule has 0 spiro atoms. The lowest BCUT2D eigenvalue weighted by Gasteiger charge is -2.25. The summed E-state index contributed by atoms with van der Waals surface area (Å²) < 4.78 is 4.60. The van der Waals surface area contributed by atoms with Gasteiger partial charge in [-0.25, -0.2) is 4.79 Å². The number of hydrogen-bond acceptors (Lipinski definition) is 4. The number of carboxylic acids is 1. The van der Waals surface area contributed by atoms with Gasteiger partial charge in [0, 0.05) is 12.6 Å². The molecule has 0 aliphatic heterocycles. The third-order valence-corrected chi connectivity index (χ3v) is 3.45. The van der Waals surface area contributed by atoms with Gasteiger partial charge >= 0.3 is 11.9 Å². The number of aliphatic carboxylic acids is 1. The van der Waals surface area contributed by atoms with Gasteiger partial charge in [-0.1, -0.05) is 26.0 Å². The molecule has 0 fully saturated rings. The van der Waals surface area contributed by atoms with E-state index >= 15 is 0 Å². The molecule has 1 aromatic carbocycles. The van der Waals surface area contributed by atoms with Crippen LogP contribution >= 0.6 is 0 Å². The van der Waals surface area contributed by atoms with Crippen molar-refractivity contribution in [2.45, 2.75) is 32.7 Å². The summed E-state index contributed by atoms with van der Waals surface area (Å²) in [5.74, 6) is -1.88. The molecule has 0 saturated heterocycles. The van der Waals surface area contributed by atoms with E-state index in [-0.39, 0.29) is 0 Å². The zero-order valence-electron chi connectivity index (χ0n) is 13.9. The minimum Gasteiger partial charge on any atom is -0.481 e. The van der Waals surface area contributed by atoms with Gasteiger partial charge in [0.2, 0.25) is 0 Å². The van der Waals surface area contributed by atoms with Crippen molar-refractivity contribution in [3.63, 3.8) is 0 Å². The second kappa shape index (κ2) is 8.31. The normalized spacial score (nSPS) is 11.9. The third kappa shape index (κ3) is 5.39. The molecule has 0 saturated carbocycles. The molecule has 126 valence electrons. The van der Waals surface area contributed by atoms with Gasteiger partial charge in [-0.05, 0) is 30.0 Å². The van der Waals surface area contributed by atoms with Crippen molar-refractivity contribution in [1.82, 2.24) is 4.90 Å². The number of rotatable bonds is 7. The summed E-state index contributed by atoms with van der Waals surface area (Å²) in [5, 5.41) is 8.93. The SMILES string of the molecule is COC(=O)[C@H](CC(=O)O)N(C)C(=O)c1cccc(CC(C)C)c1. The summed E-state index contributed by atoms with van der Waals surface area (Å²) >= 11 is 0. The second-order valence-electron chi connectivity index (χ2n) is 5.85. The zero-order chi connectivity index (χ0) is 17.6. The first-order valence-electron chi connectivity index (χ1n) is 7.42. The molecule has 1 atom stereocenters. The van der Waals surface area contributed by atoms with E-state index in [9.17, 15) is 14.4 Å². The summed E-state index contributed by atoms with van der Waals surface area (Å²) in [7, 11) is 2.57. The number of amides is 1. The van der Waals surface area contributed by atoms with Gasteiger partial charge in [0.05, 0.1) is 13.5 Å². The summed E-state index contributed by atoms with van der Waals surface area (Å²) in [4.78, 5) is 36.4. The van der Waals surface area contributed by atoms with Crippen molar-refractivity contribution in [1.29, 1.82) is 0 Å². The molecule has 0 radical (unpaired) electrons. The van der Waals surface area contributed by atoms with Crippen molar-refractivity contribution in [3.05, 3.63) is 35.4 Å². The summed E-state index contributed by atoms with van der Waals surface area (Å²) in [6.45, 7) is 4.17. The minimum absolute atomic E-state index is 0.410. The Labute approximate surface area is 136 Å². The fourth-order valence-corrected chi connectivity index (χ4v) is 2.33. The van der Waals surface area contributed by atoms with E-state index in [4.69, 9.17) is 5.11 Å².